The topological polar surface area (TPSA) is 104 Å². The van der Waals surface area contributed by atoms with Crippen LogP contribution in [0, 0.1) is 5.82 Å². The summed E-state index contributed by atoms with van der Waals surface area (Å²) in [6.07, 6.45) is 2.73. The minimum Gasteiger partial charge on any atom is -0.507 e. The van der Waals surface area contributed by atoms with E-state index in [2.05, 4.69) is 21.5 Å². The number of aromatic hydroxyl groups is 1. The van der Waals surface area contributed by atoms with Crippen LogP contribution in [-0.4, -0.2) is 61.1 Å². The van der Waals surface area contributed by atoms with Crippen LogP contribution in [0.5, 0.6) is 5.75 Å². The summed E-state index contributed by atoms with van der Waals surface area (Å²) in [6, 6.07) is 5.35. The highest BCUT2D eigenvalue weighted by Gasteiger charge is 2.30. The Balaban J connectivity index is 1.77. The second kappa shape index (κ2) is 10.7. The molecule has 3 aromatic heterocycles. The van der Waals surface area contributed by atoms with Crippen molar-refractivity contribution in [3.05, 3.63) is 69.4 Å². The minimum absolute atomic E-state index is 0.000992. The molecular weight excluding hydrogens is 543 g/mol. The Morgan fingerprint density at radius 3 is 2.82 bits per heavy atom. The van der Waals surface area contributed by atoms with Crippen molar-refractivity contribution in [1.82, 2.24) is 24.4 Å². The van der Waals surface area contributed by atoms with Crippen LogP contribution in [0.2, 0.25) is 5.02 Å². The largest absolute Gasteiger partial charge is 0.507 e. The summed E-state index contributed by atoms with van der Waals surface area (Å²) < 4.78 is 16.3. The van der Waals surface area contributed by atoms with Crippen LogP contribution in [0.25, 0.3) is 27.3 Å². The van der Waals surface area contributed by atoms with E-state index < -0.39 is 11.5 Å². The van der Waals surface area contributed by atoms with E-state index in [0.717, 1.165) is 12.1 Å². The first kappa shape index (κ1) is 26.8. The van der Waals surface area contributed by atoms with E-state index in [4.69, 9.17) is 11.6 Å². The van der Waals surface area contributed by atoms with Gasteiger partial charge in [-0.2, -0.15) is 4.98 Å². The fraction of sp³-hybridized carbons (Fsp3) is 0.296. The summed E-state index contributed by atoms with van der Waals surface area (Å²) in [5.41, 5.74) is 1.85. The summed E-state index contributed by atoms with van der Waals surface area (Å²) in [5.74, 6) is -0.826. The molecule has 202 valence electrons. The first-order valence-corrected chi connectivity index (χ1v) is 13.7. The number of fused-ring (bicyclic) bond motifs is 1. The normalized spacial score (nSPS) is 15.6. The predicted octanol–water partition coefficient (Wildman–Crippen LogP) is 4.58. The number of benzene rings is 1. The summed E-state index contributed by atoms with van der Waals surface area (Å²) in [5, 5.41) is 11.6. The lowest BCUT2D eigenvalue weighted by molar-refractivity contribution is -0.126. The number of amides is 1. The van der Waals surface area contributed by atoms with Crippen LogP contribution < -0.4 is 10.6 Å². The Morgan fingerprint density at radius 2 is 2.13 bits per heavy atom. The van der Waals surface area contributed by atoms with E-state index in [1.807, 2.05) is 18.7 Å². The lowest BCUT2D eigenvalue weighted by atomic mass is 10.1. The predicted molar refractivity (Wildman–Crippen MR) is 150 cm³/mol. The molecule has 0 radical (unpaired) electrons. The number of anilines is 1. The van der Waals surface area contributed by atoms with E-state index in [-0.39, 0.29) is 39.6 Å². The molecular formula is C27H26ClFN6O3S. The molecule has 1 N–H and O–H groups in total. The van der Waals surface area contributed by atoms with Crippen LogP contribution in [0.1, 0.15) is 26.0 Å². The molecule has 4 aromatic rings. The van der Waals surface area contributed by atoms with E-state index in [1.54, 1.807) is 16.5 Å². The van der Waals surface area contributed by atoms with Crippen LogP contribution in [-0.2, 0) is 11.2 Å². The van der Waals surface area contributed by atoms with Gasteiger partial charge >= 0.3 is 5.69 Å². The number of phenolic OH excluding ortho intramolecular Hbond substituents is 1. The summed E-state index contributed by atoms with van der Waals surface area (Å²) in [6.45, 7) is 8.76. The second-order valence-corrected chi connectivity index (χ2v) is 10.5. The number of aromatic nitrogens is 4. The summed E-state index contributed by atoms with van der Waals surface area (Å²) in [7, 11) is 0. The van der Waals surface area contributed by atoms with Crippen molar-refractivity contribution in [2.45, 2.75) is 32.7 Å². The molecule has 0 saturated carbocycles. The van der Waals surface area contributed by atoms with Crippen LogP contribution >= 0.6 is 22.9 Å². The third kappa shape index (κ3) is 4.76. The molecule has 0 unspecified atom stereocenters. The maximum absolute atomic E-state index is 14.9. The van der Waals surface area contributed by atoms with E-state index in [0.29, 0.717) is 42.3 Å². The highest BCUT2D eigenvalue weighted by molar-refractivity contribution is 7.12. The van der Waals surface area contributed by atoms with Gasteiger partial charge in [0.1, 0.15) is 22.4 Å². The molecule has 0 spiro atoms. The zero-order chi connectivity index (χ0) is 27.8. The minimum atomic E-state index is -0.701. The van der Waals surface area contributed by atoms with Crippen LogP contribution in [0.3, 0.4) is 0 Å². The quantitative estimate of drug-likeness (QED) is 0.340. The zero-order valence-electron chi connectivity index (χ0n) is 21.4. The molecule has 1 saturated heterocycles. The number of pyridine rings is 1. The first-order chi connectivity index (χ1) is 18.7. The molecule has 4 heterocycles. The van der Waals surface area contributed by atoms with Gasteiger partial charge < -0.3 is 14.9 Å². The van der Waals surface area contributed by atoms with Crippen molar-refractivity contribution >= 4 is 45.7 Å². The van der Waals surface area contributed by atoms with Crippen molar-refractivity contribution in [1.29, 1.82) is 0 Å². The Kier molecular flexibility index (Phi) is 7.37. The molecule has 1 aromatic carbocycles. The Bertz CT molecular complexity index is 1630. The lowest BCUT2D eigenvalue weighted by Crippen LogP contribution is -2.54. The second-order valence-electron chi connectivity index (χ2n) is 9.26. The zero-order valence-corrected chi connectivity index (χ0v) is 23.0. The molecule has 9 nitrogen and oxygen atoms in total. The third-order valence-corrected chi connectivity index (χ3v) is 7.87. The number of aryl methyl sites for hydroxylation is 1. The molecule has 12 heteroatoms. The number of thiazole rings is 1. The Hall–Kier alpha value is -3.83. The van der Waals surface area contributed by atoms with Gasteiger partial charge in [0.25, 0.3) is 0 Å². The van der Waals surface area contributed by atoms with Gasteiger partial charge in [-0.3, -0.25) is 4.79 Å². The van der Waals surface area contributed by atoms with Crippen LogP contribution in [0.15, 0.2) is 47.2 Å². The standard InChI is InChI=1S/C27H26ClFN6O3S/c1-4-7-19-26(39-14-30-19)35-25-16(12-17(28)23(31-25)22-18(29)8-6-9-20(22)36)24(32-27(35)38)34-11-10-33(13-15(34)3)21(37)5-2/h5-6,8-9,12,14-15,36H,2,4,7,10-11,13H2,1,3H3/t15-/m0/s1. The number of hydrogen-bond acceptors (Lipinski definition) is 8. The molecule has 1 atom stereocenters. The number of halogens is 2. The maximum Gasteiger partial charge on any atom is 0.356 e. The molecule has 1 fully saturated rings. The van der Waals surface area contributed by atoms with Gasteiger partial charge in [-0.1, -0.05) is 37.6 Å². The molecule has 1 aliphatic rings. The molecule has 5 rings (SSSR count). The monoisotopic (exact) mass is 568 g/mol. The van der Waals surface area contributed by atoms with Crippen LogP contribution in [0.4, 0.5) is 10.2 Å². The van der Waals surface area contributed by atoms with Gasteiger partial charge in [-0.05, 0) is 37.6 Å². The third-order valence-electron chi connectivity index (χ3n) is 6.73. The lowest BCUT2D eigenvalue weighted by Gasteiger charge is -2.40. The average Bonchev–Trinajstić information content (AvgIpc) is 3.36. The maximum atomic E-state index is 14.9. The van der Waals surface area contributed by atoms with Crippen molar-refractivity contribution < 1.29 is 14.3 Å². The molecule has 1 amide bonds. The van der Waals surface area contributed by atoms with Crippen molar-refractivity contribution in [3.8, 4) is 22.0 Å². The summed E-state index contributed by atoms with van der Waals surface area (Å²) >= 11 is 7.94. The number of phenols is 1. The fourth-order valence-electron chi connectivity index (χ4n) is 4.88. The molecule has 1 aliphatic heterocycles. The van der Waals surface area contributed by atoms with Crippen molar-refractivity contribution in [2.75, 3.05) is 24.5 Å². The Morgan fingerprint density at radius 1 is 1.33 bits per heavy atom. The van der Waals surface area contributed by atoms with Gasteiger partial charge in [0, 0.05) is 25.7 Å². The number of carbonyl (C=O) groups excluding carboxylic acids is 1. The number of nitrogens with zero attached hydrogens (tertiary/aromatic N) is 6. The highest BCUT2D eigenvalue weighted by atomic mass is 35.5. The van der Waals surface area contributed by atoms with Gasteiger partial charge in [0.05, 0.1) is 32.9 Å². The number of hydrogen-bond donors (Lipinski definition) is 1. The molecule has 0 aliphatic carbocycles. The summed E-state index contributed by atoms with van der Waals surface area (Å²) in [4.78, 5) is 43.1. The number of piperazine rings is 1. The van der Waals surface area contributed by atoms with Gasteiger partial charge in [-0.25, -0.2) is 23.7 Å². The smallest absolute Gasteiger partial charge is 0.356 e. The highest BCUT2D eigenvalue weighted by Crippen LogP contribution is 2.39. The van der Waals surface area contributed by atoms with Gasteiger partial charge in [0.2, 0.25) is 5.91 Å². The van der Waals surface area contributed by atoms with Crippen molar-refractivity contribution in [2.24, 2.45) is 0 Å². The molecule has 0 bridgehead atoms. The Labute approximate surface area is 232 Å². The first-order valence-electron chi connectivity index (χ1n) is 12.5. The SMILES string of the molecule is C=CC(=O)N1CCN(c2nc(=O)n(-c3scnc3CCC)c3nc(-c4c(O)cccc4F)c(Cl)cc23)[C@@H](C)C1. The fourth-order valence-corrected chi connectivity index (χ4v) is 5.97. The average molecular weight is 569 g/mol. The van der Waals surface area contributed by atoms with E-state index in [1.165, 1.54) is 40.2 Å². The van der Waals surface area contributed by atoms with E-state index in [9.17, 15) is 19.1 Å². The van der Waals surface area contributed by atoms with E-state index >= 15 is 0 Å². The van der Waals surface area contributed by atoms with Gasteiger partial charge in [-0.15, -0.1) is 11.3 Å². The number of carbonyl (C=O) groups is 1. The van der Waals surface area contributed by atoms with Gasteiger partial charge in [0.15, 0.2) is 5.65 Å². The number of rotatable bonds is 6. The van der Waals surface area contributed by atoms with Crippen molar-refractivity contribution in [3.63, 3.8) is 0 Å². The molecule has 39 heavy (non-hydrogen) atoms.